The largest absolute Gasteiger partial charge is 0.456 e. The minimum atomic E-state index is 0.859. The lowest BCUT2D eigenvalue weighted by Gasteiger charge is -2.29. The van der Waals surface area contributed by atoms with Gasteiger partial charge in [-0.3, -0.25) is 0 Å². The highest BCUT2D eigenvalue weighted by molar-refractivity contribution is 6.07. The highest BCUT2D eigenvalue weighted by Crippen LogP contribution is 2.45. The molecule has 10 aromatic carbocycles. The summed E-state index contributed by atoms with van der Waals surface area (Å²) in [4.78, 5) is 2.39. The van der Waals surface area contributed by atoms with Gasteiger partial charge in [-0.2, -0.15) is 0 Å². The summed E-state index contributed by atoms with van der Waals surface area (Å²) in [7, 11) is 0. The third kappa shape index (κ3) is 6.00. The first-order chi connectivity index (χ1) is 28.7. The van der Waals surface area contributed by atoms with Crippen LogP contribution in [-0.4, -0.2) is 0 Å². The van der Waals surface area contributed by atoms with Crippen molar-refractivity contribution in [1.82, 2.24) is 0 Å². The van der Waals surface area contributed by atoms with Gasteiger partial charge in [0.1, 0.15) is 11.2 Å². The smallest absolute Gasteiger partial charge is 0.137 e. The molecule has 0 saturated carbocycles. The molecule has 0 saturated heterocycles. The SMILES string of the molecule is c1ccc(-c2ccc(-c3cccc4ccccc34)cc2N(c2ccc(-c3cccc(-c4ccc5ccccc5c4)c3)cc2)c2ccc3c(c2)oc2ccccc23)cc1. The van der Waals surface area contributed by atoms with E-state index in [-0.39, 0.29) is 0 Å². The molecule has 0 atom stereocenters. The van der Waals surface area contributed by atoms with Gasteiger partial charge in [0.05, 0.1) is 5.69 Å². The van der Waals surface area contributed by atoms with Crippen LogP contribution in [0.1, 0.15) is 0 Å². The first kappa shape index (κ1) is 33.6. The summed E-state index contributed by atoms with van der Waals surface area (Å²) in [6.07, 6.45) is 0. The molecule has 0 radical (unpaired) electrons. The number of rotatable bonds is 7. The zero-order valence-corrected chi connectivity index (χ0v) is 31.7. The van der Waals surface area contributed by atoms with Gasteiger partial charge in [0.15, 0.2) is 0 Å². The van der Waals surface area contributed by atoms with Crippen molar-refractivity contribution in [2.24, 2.45) is 0 Å². The molecule has 1 heterocycles. The van der Waals surface area contributed by atoms with Crippen molar-refractivity contribution in [3.8, 4) is 44.5 Å². The van der Waals surface area contributed by atoms with Crippen LogP contribution in [0.2, 0.25) is 0 Å². The maximum atomic E-state index is 6.49. The van der Waals surface area contributed by atoms with Crippen LogP contribution in [0.15, 0.2) is 229 Å². The van der Waals surface area contributed by atoms with Gasteiger partial charge in [-0.15, -0.1) is 0 Å². The van der Waals surface area contributed by atoms with E-state index in [9.17, 15) is 0 Å². The summed E-state index contributed by atoms with van der Waals surface area (Å²) >= 11 is 0. The van der Waals surface area contributed by atoms with Crippen molar-refractivity contribution in [2.75, 3.05) is 4.90 Å². The number of anilines is 3. The second-order valence-electron chi connectivity index (χ2n) is 14.9. The minimum Gasteiger partial charge on any atom is -0.456 e. The topological polar surface area (TPSA) is 16.4 Å². The van der Waals surface area contributed by atoms with Gasteiger partial charge in [-0.1, -0.05) is 170 Å². The number of para-hydroxylation sites is 1. The minimum absolute atomic E-state index is 0.859. The van der Waals surface area contributed by atoms with Crippen molar-refractivity contribution in [1.29, 1.82) is 0 Å². The highest BCUT2D eigenvalue weighted by Gasteiger charge is 2.21. The third-order valence-electron chi connectivity index (χ3n) is 11.4. The maximum Gasteiger partial charge on any atom is 0.137 e. The lowest BCUT2D eigenvalue weighted by molar-refractivity contribution is 0.669. The molecular weight excluding hydrogens is 703 g/mol. The summed E-state index contributed by atoms with van der Waals surface area (Å²) in [6.45, 7) is 0. The average Bonchev–Trinajstić information content (AvgIpc) is 3.67. The monoisotopic (exact) mass is 739 g/mol. The molecular formula is C56H37NO. The predicted molar refractivity (Wildman–Crippen MR) is 245 cm³/mol. The number of benzene rings is 10. The van der Waals surface area contributed by atoms with Crippen LogP contribution in [0, 0.1) is 0 Å². The molecule has 0 unspecified atom stereocenters. The molecule has 2 nitrogen and oxygen atoms in total. The molecule has 272 valence electrons. The summed E-state index contributed by atoms with van der Waals surface area (Å²) in [5.74, 6) is 0. The van der Waals surface area contributed by atoms with Gasteiger partial charge in [0.25, 0.3) is 0 Å². The van der Waals surface area contributed by atoms with Crippen LogP contribution in [0.4, 0.5) is 17.1 Å². The second-order valence-corrected chi connectivity index (χ2v) is 14.9. The van der Waals surface area contributed by atoms with Crippen LogP contribution < -0.4 is 4.90 Å². The molecule has 0 spiro atoms. The Morgan fingerprint density at radius 2 is 0.879 bits per heavy atom. The van der Waals surface area contributed by atoms with Crippen molar-refractivity contribution in [2.45, 2.75) is 0 Å². The first-order valence-electron chi connectivity index (χ1n) is 19.8. The van der Waals surface area contributed by atoms with Crippen molar-refractivity contribution < 1.29 is 4.42 Å². The third-order valence-corrected chi connectivity index (χ3v) is 11.4. The zero-order chi connectivity index (χ0) is 38.4. The number of fused-ring (bicyclic) bond motifs is 5. The van der Waals surface area contributed by atoms with Crippen LogP contribution in [0.3, 0.4) is 0 Å². The molecule has 58 heavy (non-hydrogen) atoms. The molecule has 11 aromatic rings. The van der Waals surface area contributed by atoms with Crippen LogP contribution in [0.5, 0.6) is 0 Å². The summed E-state index contributed by atoms with van der Waals surface area (Å²) in [6, 6.07) is 80.8. The predicted octanol–water partition coefficient (Wildman–Crippen LogP) is 16.0. The summed E-state index contributed by atoms with van der Waals surface area (Å²) in [5.41, 5.74) is 14.3. The molecule has 0 bridgehead atoms. The van der Waals surface area contributed by atoms with E-state index in [1.807, 2.05) is 12.1 Å². The van der Waals surface area contributed by atoms with Gasteiger partial charge in [0.2, 0.25) is 0 Å². The second kappa shape index (κ2) is 14.1. The van der Waals surface area contributed by atoms with Crippen LogP contribution in [0.25, 0.3) is 88.0 Å². The molecule has 0 amide bonds. The summed E-state index contributed by atoms with van der Waals surface area (Å²) < 4.78 is 6.49. The molecule has 0 N–H and O–H groups in total. The van der Waals surface area contributed by atoms with Crippen molar-refractivity contribution in [3.05, 3.63) is 224 Å². The quantitative estimate of drug-likeness (QED) is 0.162. The normalized spacial score (nSPS) is 11.4. The fourth-order valence-corrected chi connectivity index (χ4v) is 8.55. The van der Waals surface area contributed by atoms with Crippen LogP contribution >= 0.6 is 0 Å². The zero-order valence-electron chi connectivity index (χ0n) is 31.7. The van der Waals surface area contributed by atoms with E-state index in [2.05, 4.69) is 217 Å². The number of furan rings is 1. The molecule has 11 rings (SSSR count). The Labute approximate surface area is 337 Å². The Kier molecular flexibility index (Phi) is 8.19. The van der Waals surface area contributed by atoms with E-state index >= 15 is 0 Å². The van der Waals surface area contributed by atoms with Gasteiger partial charge >= 0.3 is 0 Å². The maximum absolute atomic E-state index is 6.49. The van der Waals surface area contributed by atoms with Crippen molar-refractivity contribution in [3.63, 3.8) is 0 Å². The lowest BCUT2D eigenvalue weighted by atomic mass is 9.94. The van der Waals surface area contributed by atoms with Gasteiger partial charge < -0.3 is 9.32 Å². The van der Waals surface area contributed by atoms with E-state index in [4.69, 9.17) is 4.42 Å². The van der Waals surface area contributed by atoms with Gasteiger partial charge in [-0.05, 0) is 109 Å². The molecule has 2 heteroatoms. The highest BCUT2D eigenvalue weighted by atomic mass is 16.3. The Bertz CT molecular complexity index is 3280. The Morgan fingerprint density at radius 1 is 0.276 bits per heavy atom. The van der Waals surface area contributed by atoms with E-state index in [1.54, 1.807) is 0 Å². The standard InChI is InChI=1S/C56H37NO/c1-2-13-41(14-3-1)51-32-28-46(50-22-11-17-40-15-6-7-20-49(40)50)36-54(51)57(48-31-33-53-52-21-8-9-23-55(52)58-56(53)37-48)47-29-26-39(27-30-47)43-18-10-19-44(34-43)45-25-24-38-12-4-5-16-42(38)35-45/h1-37H. The number of hydrogen-bond acceptors (Lipinski definition) is 2. The molecule has 0 aliphatic rings. The van der Waals surface area contributed by atoms with E-state index in [0.29, 0.717) is 0 Å². The van der Waals surface area contributed by atoms with Gasteiger partial charge in [0, 0.05) is 33.8 Å². The van der Waals surface area contributed by atoms with E-state index < -0.39 is 0 Å². The summed E-state index contributed by atoms with van der Waals surface area (Å²) in [5, 5.41) is 7.17. The number of hydrogen-bond donors (Lipinski definition) is 0. The van der Waals surface area contributed by atoms with Crippen molar-refractivity contribution >= 4 is 60.5 Å². The van der Waals surface area contributed by atoms with E-state index in [1.165, 1.54) is 43.8 Å². The average molecular weight is 740 g/mol. The molecule has 0 fully saturated rings. The first-order valence-corrected chi connectivity index (χ1v) is 19.8. The Balaban J connectivity index is 1.08. The number of nitrogens with zero attached hydrogens (tertiary/aromatic N) is 1. The lowest BCUT2D eigenvalue weighted by Crippen LogP contribution is -2.11. The van der Waals surface area contributed by atoms with Gasteiger partial charge in [-0.25, -0.2) is 0 Å². The fourth-order valence-electron chi connectivity index (χ4n) is 8.55. The molecule has 0 aliphatic carbocycles. The molecule has 1 aromatic heterocycles. The van der Waals surface area contributed by atoms with E-state index in [0.717, 1.165) is 61.3 Å². The molecule has 0 aliphatic heterocycles. The Morgan fingerprint density at radius 3 is 1.74 bits per heavy atom. The Hall–Kier alpha value is -7.68. The van der Waals surface area contributed by atoms with Crippen LogP contribution in [-0.2, 0) is 0 Å². The fraction of sp³-hybridized carbons (Fsp3) is 0.